The first-order valence-corrected chi connectivity index (χ1v) is 6.41. The Hall–Kier alpha value is -2.76. The van der Waals surface area contributed by atoms with Crippen LogP contribution in [0, 0.1) is 6.92 Å². The highest BCUT2D eigenvalue weighted by molar-refractivity contribution is 5.97. The van der Waals surface area contributed by atoms with Crippen molar-refractivity contribution in [2.24, 2.45) is 10.9 Å². The van der Waals surface area contributed by atoms with Gasteiger partial charge in [0.2, 0.25) is 5.88 Å². The molecule has 21 heavy (non-hydrogen) atoms. The minimum atomic E-state index is 0.0207. The van der Waals surface area contributed by atoms with Gasteiger partial charge in [0, 0.05) is 43.2 Å². The molecule has 0 fully saturated rings. The summed E-state index contributed by atoms with van der Waals surface area (Å²) in [6, 6.07) is 11.0. The molecule has 3 N–H and O–H groups in total. The van der Waals surface area contributed by atoms with Crippen molar-refractivity contribution in [2.75, 3.05) is 19.0 Å². The number of nitrogens with zero attached hydrogens (tertiary/aromatic N) is 3. The standard InChI is InChI=1S/C15H18N4O2/c1-10-7-11(15(16)18-20)8-14(17-10)21-13-6-4-5-12(9-13)19(2)3/h4-9,20H,1-3H3,(H2,16,18). The van der Waals surface area contributed by atoms with Crippen molar-refractivity contribution in [3.63, 3.8) is 0 Å². The summed E-state index contributed by atoms with van der Waals surface area (Å²) < 4.78 is 5.76. The van der Waals surface area contributed by atoms with E-state index in [0.717, 1.165) is 11.4 Å². The number of benzene rings is 1. The summed E-state index contributed by atoms with van der Waals surface area (Å²) in [6.07, 6.45) is 0. The van der Waals surface area contributed by atoms with Gasteiger partial charge in [-0.25, -0.2) is 4.98 Å². The number of aromatic nitrogens is 1. The lowest BCUT2D eigenvalue weighted by Gasteiger charge is -2.14. The molecule has 0 aliphatic heterocycles. The molecule has 2 rings (SSSR count). The van der Waals surface area contributed by atoms with E-state index in [1.807, 2.05) is 50.2 Å². The van der Waals surface area contributed by atoms with E-state index >= 15 is 0 Å². The van der Waals surface area contributed by atoms with Crippen molar-refractivity contribution >= 4 is 11.5 Å². The van der Waals surface area contributed by atoms with E-state index < -0.39 is 0 Å². The van der Waals surface area contributed by atoms with Crippen LogP contribution in [0.3, 0.4) is 0 Å². The highest BCUT2D eigenvalue weighted by Crippen LogP contribution is 2.25. The first-order chi connectivity index (χ1) is 9.99. The minimum Gasteiger partial charge on any atom is -0.439 e. The quantitative estimate of drug-likeness (QED) is 0.390. The van der Waals surface area contributed by atoms with E-state index in [4.69, 9.17) is 15.7 Å². The number of rotatable bonds is 4. The van der Waals surface area contributed by atoms with Crippen molar-refractivity contribution < 1.29 is 9.94 Å². The van der Waals surface area contributed by atoms with Gasteiger partial charge >= 0.3 is 0 Å². The monoisotopic (exact) mass is 286 g/mol. The first kappa shape index (κ1) is 14.6. The van der Waals surface area contributed by atoms with Crippen molar-refractivity contribution in [3.05, 3.63) is 47.7 Å². The molecule has 0 radical (unpaired) electrons. The molecule has 1 heterocycles. The fourth-order valence-corrected chi connectivity index (χ4v) is 1.84. The average Bonchev–Trinajstić information content (AvgIpc) is 2.46. The Labute approximate surface area is 123 Å². The van der Waals surface area contributed by atoms with E-state index in [2.05, 4.69) is 10.1 Å². The molecule has 0 unspecified atom stereocenters. The van der Waals surface area contributed by atoms with Crippen molar-refractivity contribution in [1.29, 1.82) is 0 Å². The maximum absolute atomic E-state index is 8.75. The third-order valence-electron chi connectivity index (χ3n) is 2.89. The first-order valence-electron chi connectivity index (χ1n) is 6.41. The molecule has 6 heteroatoms. The third-order valence-corrected chi connectivity index (χ3v) is 2.89. The predicted molar refractivity (Wildman–Crippen MR) is 82.3 cm³/mol. The molecule has 0 saturated heterocycles. The van der Waals surface area contributed by atoms with Gasteiger partial charge in [0.05, 0.1) is 0 Å². The van der Waals surface area contributed by atoms with E-state index in [0.29, 0.717) is 17.2 Å². The second-order valence-electron chi connectivity index (χ2n) is 4.81. The summed E-state index contributed by atoms with van der Waals surface area (Å²) in [6.45, 7) is 1.82. The highest BCUT2D eigenvalue weighted by Gasteiger charge is 2.07. The van der Waals surface area contributed by atoms with Crippen LogP contribution in [0.4, 0.5) is 5.69 Å². The number of aryl methyl sites for hydroxylation is 1. The molecular weight excluding hydrogens is 268 g/mol. The van der Waals surface area contributed by atoms with Crippen molar-refractivity contribution in [1.82, 2.24) is 4.98 Å². The van der Waals surface area contributed by atoms with Crippen LogP contribution in [0.25, 0.3) is 0 Å². The van der Waals surface area contributed by atoms with E-state index in [-0.39, 0.29) is 5.84 Å². The van der Waals surface area contributed by atoms with E-state index in [1.165, 1.54) is 0 Å². The van der Waals surface area contributed by atoms with Gasteiger partial charge in [-0.1, -0.05) is 11.2 Å². The zero-order valence-corrected chi connectivity index (χ0v) is 12.2. The smallest absolute Gasteiger partial charge is 0.220 e. The lowest BCUT2D eigenvalue weighted by molar-refractivity contribution is 0.318. The lowest BCUT2D eigenvalue weighted by atomic mass is 10.2. The van der Waals surface area contributed by atoms with Crippen LogP contribution in [0.15, 0.2) is 41.6 Å². The lowest BCUT2D eigenvalue weighted by Crippen LogP contribution is -2.13. The molecule has 0 aliphatic rings. The van der Waals surface area contributed by atoms with E-state index in [9.17, 15) is 0 Å². The SMILES string of the molecule is Cc1cc(/C(N)=N/O)cc(Oc2cccc(N(C)C)c2)n1. The number of nitrogens with two attached hydrogens (primary N) is 1. The van der Waals surface area contributed by atoms with Crippen LogP contribution >= 0.6 is 0 Å². The fourth-order valence-electron chi connectivity index (χ4n) is 1.84. The molecule has 0 spiro atoms. The second-order valence-corrected chi connectivity index (χ2v) is 4.81. The van der Waals surface area contributed by atoms with Crippen molar-refractivity contribution in [3.8, 4) is 11.6 Å². The van der Waals surface area contributed by atoms with Crippen LogP contribution in [-0.4, -0.2) is 30.1 Å². The third kappa shape index (κ3) is 3.62. The van der Waals surface area contributed by atoms with Gasteiger partial charge in [-0.3, -0.25) is 0 Å². The molecule has 6 nitrogen and oxygen atoms in total. The molecule has 1 aromatic carbocycles. The average molecular weight is 286 g/mol. The fraction of sp³-hybridized carbons (Fsp3) is 0.200. The molecule has 110 valence electrons. The van der Waals surface area contributed by atoms with Gasteiger partial charge in [-0.15, -0.1) is 0 Å². The van der Waals surface area contributed by atoms with Crippen LogP contribution in [0.1, 0.15) is 11.3 Å². The molecule has 0 atom stereocenters. The topological polar surface area (TPSA) is 84.0 Å². The van der Waals surface area contributed by atoms with Crippen molar-refractivity contribution in [2.45, 2.75) is 6.92 Å². The summed E-state index contributed by atoms with van der Waals surface area (Å²) in [7, 11) is 3.92. The largest absolute Gasteiger partial charge is 0.439 e. The number of amidine groups is 1. The summed E-state index contributed by atoms with van der Waals surface area (Å²) in [4.78, 5) is 6.28. The summed E-state index contributed by atoms with van der Waals surface area (Å²) in [5.74, 6) is 1.09. The maximum Gasteiger partial charge on any atom is 0.220 e. The Balaban J connectivity index is 2.31. The number of ether oxygens (including phenoxy) is 1. The molecular formula is C15H18N4O2. The maximum atomic E-state index is 8.75. The highest BCUT2D eigenvalue weighted by atomic mass is 16.5. The summed E-state index contributed by atoms with van der Waals surface area (Å²) in [5, 5.41) is 11.7. The Morgan fingerprint density at radius 3 is 2.71 bits per heavy atom. The van der Waals surface area contributed by atoms with Gasteiger partial charge < -0.3 is 20.6 Å². The number of oxime groups is 1. The van der Waals surface area contributed by atoms with Crippen LogP contribution in [0.2, 0.25) is 0 Å². The molecule has 2 aromatic rings. The second kappa shape index (κ2) is 6.13. The van der Waals surface area contributed by atoms with Crippen LogP contribution < -0.4 is 15.4 Å². The van der Waals surface area contributed by atoms with Gasteiger partial charge in [-0.2, -0.15) is 0 Å². The zero-order valence-electron chi connectivity index (χ0n) is 12.2. The van der Waals surface area contributed by atoms with E-state index in [1.54, 1.807) is 12.1 Å². The normalized spacial score (nSPS) is 11.3. The molecule has 0 aliphatic carbocycles. The molecule has 0 saturated carbocycles. The summed E-state index contributed by atoms with van der Waals surface area (Å²) >= 11 is 0. The predicted octanol–water partition coefficient (Wildman–Crippen LogP) is 2.34. The number of pyridine rings is 1. The Morgan fingerprint density at radius 2 is 2.05 bits per heavy atom. The summed E-state index contributed by atoms with van der Waals surface area (Å²) in [5.41, 5.74) is 7.90. The van der Waals surface area contributed by atoms with Gasteiger partial charge in [0.1, 0.15) is 5.75 Å². The van der Waals surface area contributed by atoms with Crippen LogP contribution in [-0.2, 0) is 0 Å². The van der Waals surface area contributed by atoms with Gasteiger partial charge in [-0.05, 0) is 25.1 Å². The van der Waals surface area contributed by atoms with Gasteiger partial charge in [0.25, 0.3) is 0 Å². The Bertz CT molecular complexity index is 668. The van der Waals surface area contributed by atoms with Gasteiger partial charge in [0.15, 0.2) is 5.84 Å². The Kier molecular flexibility index (Phi) is 4.27. The minimum absolute atomic E-state index is 0.0207. The zero-order chi connectivity index (χ0) is 15.4. The number of hydrogen-bond donors (Lipinski definition) is 2. The number of hydrogen-bond acceptors (Lipinski definition) is 5. The molecule has 0 amide bonds. The number of anilines is 1. The molecule has 0 bridgehead atoms. The molecule has 1 aromatic heterocycles. The Morgan fingerprint density at radius 1 is 1.29 bits per heavy atom. The van der Waals surface area contributed by atoms with Crippen LogP contribution in [0.5, 0.6) is 11.6 Å².